The molecule has 0 N–H and O–H groups in total. The number of Topliss-reactive ketones (excluding diaryl/α,β-unsaturated/α-hetero) is 1. The summed E-state index contributed by atoms with van der Waals surface area (Å²) in [5.41, 5.74) is 0.221. The zero-order chi connectivity index (χ0) is 14.5. The third kappa shape index (κ3) is 4.05. The third-order valence-corrected chi connectivity index (χ3v) is 4.08. The standard InChI is InChI=1S/C15H11ClF2OS/c16-14-2-1-3-15(18)13(14)8-11(19)9-20-12-6-4-10(17)5-7-12/h1-7H,8-9H2. The number of thioether (sulfide) groups is 1. The van der Waals surface area contributed by atoms with Gasteiger partial charge in [-0.25, -0.2) is 8.78 Å². The van der Waals surface area contributed by atoms with Crippen LogP contribution in [0.25, 0.3) is 0 Å². The van der Waals surface area contributed by atoms with E-state index >= 15 is 0 Å². The lowest BCUT2D eigenvalue weighted by atomic mass is 10.1. The molecule has 0 bridgehead atoms. The Kier molecular flexibility index (Phi) is 5.15. The predicted octanol–water partition coefficient (Wildman–Crippen LogP) is 4.52. The van der Waals surface area contributed by atoms with Gasteiger partial charge in [-0.05, 0) is 36.4 Å². The second kappa shape index (κ2) is 6.86. The van der Waals surface area contributed by atoms with Crippen molar-refractivity contribution in [2.75, 3.05) is 5.75 Å². The Labute approximate surface area is 125 Å². The minimum Gasteiger partial charge on any atom is -0.298 e. The van der Waals surface area contributed by atoms with Crippen LogP contribution in [0.3, 0.4) is 0 Å². The highest BCUT2D eigenvalue weighted by atomic mass is 35.5. The first-order chi connectivity index (χ1) is 9.56. The molecule has 104 valence electrons. The van der Waals surface area contributed by atoms with Gasteiger partial charge in [-0.1, -0.05) is 17.7 Å². The molecule has 0 saturated carbocycles. The average molecular weight is 313 g/mol. The molecular formula is C15H11ClF2OS. The van der Waals surface area contributed by atoms with Gasteiger partial charge in [-0.15, -0.1) is 11.8 Å². The fraction of sp³-hybridized carbons (Fsp3) is 0.133. The number of hydrogen-bond acceptors (Lipinski definition) is 2. The Morgan fingerprint density at radius 2 is 1.80 bits per heavy atom. The maximum Gasteiger partial charge on any atom is 0.147 e. The molecule has 2 aromatic carbocycles. The molecule has 0 amide bonds. The average Bonchev–Trinajstić information content (AvgIpc) is 2.42. The van der Waals surface area contributed by atoms with E-state index in [-0.39, 0.29) is 34.4 Å². The smallest absolute Gasteiger partial charge is 0.147 e. The quantitative estimate of drug-likeness (QED) is 0.755. The summed E-state index contributed by atoms with van der Waals surface area (Å²) in [5.74, 6) is -0.737. The van der Waals surface area contributed by atoms with Gasteiger partial charge in [0, 0.05) is 21.9 Å². The minimum atomic E-state index is -0.474. The van der Waals surface area contributed by atoms with Crippen molar-refractivity contribution in [2.45, 2.75) is 11.3 Å². The second-order valence-corrected chi connectivity index (χ2v) is 5.61. The zero-order valence-electron chi connectivity index (χ0n) is 10.4. The molecule has 0 aliphatic carbocycles. The molecule has 0 aromatic heterocycles. The van der Waals surface area contributed by atoms with Crippen molar-refractivity contribution in [3.63, 3.8) is 0 Å². The van der Waals surface area contributed by atoms with Crippen LogP contribution in [0.15, 0.2) is 47.4 Å². The fourth-order valence-corrected chi connectivity index (χ4v) is 2.63. The monoisotopic (exact) mass is 312 g/mol. The predicted molar refractivity (Wildman–Crippen MR) is 77.2 cm³/mol. The van der Waals surface area contributed by atoms with E-state index in [9.17, 15) is 13.6 Å². The van der Waals surface area contributed by atoms with Crippen LogP contribution in [0, 0.1) is 11.6 Å². The van der Waals surface area contributed by atoms with Crippen LogP contribution >= 0.6 is 23.4 Å². The van der Waals surface area contributed by atoms with Crippen molar-refractivity contribution in [1.82, 2.24) is 0 Å². The SMILES string of the molecule is O=C(CSc1ccc(F)cc1)Cc1c(F)cccc1Cl. The van der Waals surface area contributed by atoms with E-state index in [0.29, 0.717) is 0 Å². The van der Waals surface area contributed by atoms with E-state index in [1.807, 2.05) is 0 Å². The lowest BCUT2D eigenvalue weighted by Crippen LogP contribution is -2.07. The first-order valence-corrected chi connectivity index (χ1v) is 7.25. The van der Waals surface area contributed by atoms with E-state index < -0.39 is 5.82 Å². The molecule has 20 heavy (non-hydrogen) atoms. The van der Waals surface area contributed by atoms with Crippen LogP contribution in [-0.4, -0.2) is 11.5 Å². The minimum absolute atomic E-state index is 0.0420. The largest absolute Gasteiger partial charge is 0.298 e. The highest BCUT2D eigenvalue weighted by Crippen LogP contribution is 2.22. The van der Waals surface area contributed by atoms with Gasteiger partial charge in [0.25, 0.3) is 0 Å². The highest BCUT2D eigenvalue weighted by Gasteiger charge is 2.12. The lowest BCUT2D eigenvalue weighted by Gasteiger charge is -2.05. The molecule has 0 heterocycles. The molecule has 0 radical (unpaired) electrons. The normalized spacial score (nSPS) is 10.6. The summed E-state index contributed by atoms with van der Waals surface area (Å²) in [4.78, 5) is 12.6. The van der Waals surface area contributed by atoms with Crippen molar-refractivity contribution in [1.29, 1.82) is 0 Å². The second-order valence-electron chi connectivity index (χ2n) is 4.16. The van der Waals surface area contributed by atoms with E-state index in [2.05, 4.69) is 0 Å². The Bertz CT molecular complexity index is 594. The van der Waals surface area contributed by atoms with Crippen LogP contribution in [0.4, 0.5) is 8.78 Å². The first-order valence-electron chi connectivity index (χ1n) is 5.89. The van der Waals surface area contributed by atoms with E-state index in [0.717, 1.165) is 4.90 Å². The number of benzene rings is 2. The van der Waals surface area contributed by atoms with Gasteiger partial charge < -0.3 is 0 Å². The molecule has 0 saturated heterocycles. The summed E-state index contributed by atoms with van der Waals surface area (Å²) in [6.07, 6.45) is -0.0420. The van der Waals surface area contributed by atoms with Gasteiger partial charge in [-0.3, -0.25) is 4.79 Å². The van der Waals surface area contributed by atoms with Crippen molar-refractivity contribution in [3.05, 3.63) is 64.7 Å². The topological polar surface area (TPSA) is 17.1 Å². The number of carbonyl (C=O) groups is 1. The molecular weight excluding hydrogens is 302 g/mol. The van der Waals surface area contributed by atoms with Crippen molar-refractivity contribution < 1.29 is 13.6 Å². The summed E-state index contributed by atoms with van der Waals surface area (Å²) in [7, 11) is 0. The van der Waals surface area contributed by atoms with Gasteiger partial charge in [0.1, 0.15) is 17.4 Å². The first kappa shape index (κ1) is 15.0. The number of hydrogen-bond donors (Lipinski definition) is 0. The maximum atomic E-state index is 13.5. The molecule has 0 fully saturated rings. The Hall–Kier alpha value is -1.39. The molecule has 0 spiro atoms. The van der Waals surface area contributed by atoms with Crippen molar-refractivity contribution >= 4 is 29.1 Å². The third-order valence-electron chi connectivity index (χ3n) is 2.65. The number of ketones is 1. The lowest BCUT2D eigenvalue weighted by molar-refractivity contribution is -0.116. The summed E-state index contributed by atoms with van der Waals surface area (Å²) in [6, 6.07) is 10.2. The molecule has 0 aliphatic rings. The van der Waals surface area contributed by atoms with Crippen LogP contribution in [0.1, 0.15) is 5.56 Å². The van der Waals surface area contributed by atoms with Crippen molar-refractivity contribution in [3.8, 4) is 0 Å². The van der Waals surface area contributed by atoms with Crippen LogP contribution in [0.2, 0.25) is 5.02 Å². The molecule has 5 heteroatoms. The van der Waals surface area contributed by atoms with Crippen LogP contribution in [0.5, 0.6) is 0 Å². The fourth-order valence-electron chi connectivity index (χ4n) is 1.64. The van der Waals surface area contributed by atoms with E-state index in [1.165, 1.54) is 36.0 Å². The molecule has 2 rings (SSSR count). The summed E-state index contributed by atoms with van der Waals surface area (Å²) < 4.78 is 26.3. The molecule has 0 unspecified atom stereocenters. The van der Waals surface area contributed by atoms with Gasteiger partial charge in [0.15, 0.2) is 0 Å². The van der Waals surface area contributed by atoms with E-state index in [4.69, 9.17) is 11.6 Å². The Balaban J connectivity index is 1.94. The maximum absolute atomic E-state index is 13.5. The number of rotatable bonds is 5. The molecule has 0 aliphatic heterocycles. The molecule has 1 nitrogen and oxygen atoms in total. The highest BCUT2D eigenvalue weighted by molar-refractivity contribution is 8.00. The van der Waals surface area contributed by atoms with Crippen LogP contribution < -0.4 is 0 Å². The number of halogens is 3. The summed E-state index contributed by atoms with van der Waals surface area (Å²) in [6.45, 7) is 0. The molecule has 0 atom stereocenters. The number of carbonyl (C=O) groups excluding carboxylic acids is 1. The van der Waals surface area contributed by atoms with Crippen molar-refractivity contribution in [2.24, 2.45) is 0 Å². The van der Waals surface area contributed by atoms with Gasteiger partial charge in [-0.2, -0.15) is 0 Å². The Morgan fingerprint density at radius 1 is 1.10 bits per heavy atom. The zero-order valence-corrected chi connectivity index (χ0v) is 12.0. The summed E-state index contributed by atoms with van der Waals surface area (Å²) >= 11 is 7.15. The summed E-state index contributed by atoms with van der Waals surface area (Å²) in [5, 5.41) is 0.255. The van der Waals surface area contributed by atoms with Gasteiger partial charge >= 0.3 is 0 Å². The molecule has 2 aromatic rings. The van der Waals surface area contributed by atoms with E-state index in [1.54, 1.807) is 18.2 Å². The van der Waals surface area contributed by atoms with Crippen LogP contribution in [-0.2, 0) is 11.2 Å². The van der Waals surface area contributed by atoms with Gasteiger partial charge in [0.05, 0.1) is 5.75 Å². The van der Waals surface area contributed by atoms with Gasteiger partial charge in [0.2, 0.25) is 0 Å². The Morgan fingerprint density at radius 3 is 2.45 bits per heavy atom.